The largest absolute Gasteiger partial charge is 1.00 e. The molecule has 0 aromatic carbocycles. The molecule has 386 valence electrons. The highest BCUT2D eigenvalue weighted by Gasteiger charge is 2.37. The van der Waals surface area contributed by atoms with E-state index in [2.05, 4.69) is 47.2 Å². The highest BCUT2D eigenvalue weighted by atomic mass is 79.9. The molecule has 0 aromatic rings. The van der Waals surface area contributed by atoms with Gasteiger partial charge in [-0.1, -0.05) is 213 Å². The first-order chi connectivity index (χ1) is 31.0. The molecule has 0 bridgehead atoms. The average molecular weight is 988 g/mol. The van der Waals surface area contributed by atoms with E-state index in [4.69, 9.17) is 14.2 Å². The number of hydrogen-bond donors (Lipinski definition) is 1. The van der Waals surface area contributed by atoms with Crippen molar-refractivity contribution in [2.75, 3.05) is 47.5 Å². The Bertz CT molecular complexity index is 1010. The molecule has 0 saturated carbocycles. The maximum atomic E-state index is 13.6. The molecule has 0 aliphatic rings. The summed E-state index contributed by atoms with van der Waals surface area (Å²) in [7, 11) is 6.74. The van der Waals surface area contributed by atoms with Crippen molar-refractivity contribution in [1.82, 2.24) is 5.32 Å². The molecule has 0 fully saturated rings. The number of nitrogens with zero attached hydrogens (tertiary/aromatic N) is 1. The first kappa shape index (κ1) is 65.4. The lowest BCUT2D eigenvalue weighted by atomic mass is 10.0. The van der Waals surface area contributed by atoms with Gasteiger partial charge in [0.15, 0.2) is 0 Å². The van der Waals surface area contributed by atoms with E-state index in [0.717, 1.165) is 81.5 Å². The molecule has 0 aromatic heterocycles. The summed E-state index contributed by atoms with van der Waals surface area (Å²) in [6, 6.07) is 0. The minimum Gasteiger partial charge on any atom is -1.00 e. The molecule has 0 unspecified atom stereocenters. The van der Waals surface area contributed by atoms with Gasteiger partial charge in [0.1, 0.15) is 25.4 Å². The number of amides is 1. The number of ether oxygens (including phenoxy) is 3. The van der Waals surface area contributed by atoms with Crippen molar-refractivity contribution in [3.63, 3.8) is 0 Å². The number of carbonyl (C=O) groups is 4. The molecule has 0 spiro atoms. The van der Waals surface area contributed by atoms with Crippen LogP contribution >= 0.6 is 0 Å². The van der Waals surface area contributed by atoms with Gasteiger partial charge in [-0.15, -0.1) is 0 Å². The van der Waals surface area contributed by atoms with Crippen LogP contribution in [0.25, 0.3) is 0 Å². The number of nitrogens with one attached hydrogen (secondary N) is 1. The fraction of sp³-hybridized carbons (Fsp3) is 0.927. The van der Waals surface area contributed by atoms with E-state index in [1.165, 1.54) is 161 Å². The van der Waals surface area contributed by atoms with Crippen molar-refractivity contribution in [3.8, 4) is 0 Å². The van der Waals surface area contributed by atoms with Crippen molar-refractivity contribution in [2.45, 2.75) is 283 Å². The SMILES string of the molecule is CCCCCCCCCCCC(=O)OCC(COC(=O)CCCCCCCCCCC)(COC(=O)CCCCCCCCCCC)NC(=O)CCCCCCCCCCC[N+](C)(C)C.[Br-]. The zero-order valence-electron chi connectivity index (χ0n) is 43.8. The third-order valence-corrected chi connectivity index (χ3v) is 12.6. The van der Waals surface area contributed by atoms with E-state index in [1.807, 2.05) is 0 Å². The fourth-order valence-electron chi connectivity index (χ4n) is 8.31. The molecule has 0 aliphatic carbocycles. The van der Waals surface area contributed by atoms with Crippen LogP contribution in [0.3, 0.4) is 0 Å². The van der Waals surface area contributed by atoms with Gasteiger partial charge in [-0.3, -0.25) is 19.2 Å². The Labute approximate surface area is 412 Å². The summed E-state index contributed by atoms with van der Waals surface area (Å²) in [5, 5.41) is 3.08. The lowest BCUT2D eigenvalue weighted by molar-refractivity contribution is -0.870. The fourth-order valence-corrected chi connectivity index (χ4v) is 8.31. The summed E-state index contributed by atoms with van der Waals surface area (Å²) in [5.41, 5.74) is -1.36. The van der Waals surface area contributed by atoms with Crippen molar-refractivity contribution in [3.05, 3.63) is 0 Å². The average Bonchev–Trinajstić information content (AvgIpc) is 3.26. The number of halogens is 1. The van der Waals surface area contributed by atoms with Gasteiger partial charge in [-0.05, 0) is 38.5 Å². The Kier molecular flexibility index (Phi) is 47.7. The molecular weight excluding hydrogens is 881 g/mol. The predicted molar refractivity (Wildman–Crippen MR) is 268 cm³/mol. The molecule has 9 nitrogen and oxygen atoms in total. The van der Waals surface area contributed by atoms with Crippen LogP contribution in [0.1, 0.15) is 278 Å². The van der Waals surface area contributed by atoms with Crippen molar-refractivity contribution < 1.29 is 54.9 Å². The predicted octanol–water partition coefficient (Wildman–Crippen LogP) is 11.8. The number of rotatable bonds is 49. The maximum absolute atomic E-state index is 13.6. The number of quaternary nitrogens is 1. The van der Waals surface area contributed by atoms with E-state index in [9.17, 15) is 19.2 Å². The Hall–Kier alpha value is -1.68. The van der Waals surface area contributed by atoms with Crippen LogP contribution in [0.15, 0.2) is 0 Å². The van der Waals surface area contributed by atoms with E-state index in [1.54, 1.807) is 0 Å². The van der Waals surface area contributed by atoms with Gasteiger partial charge in [0.2, 0.25) is 5.91 Å². The van der Waals surface area contributed by atoms with E-state index in [-0.39, 0.29) is 79.9 Å². The van der Waals surface area contributed by atoms with E-state index in [0.29, 0.717) is 6.42 Å². The topological polar surface area (TPSA) is 108 Å². The van der Waals surface area contributed by atoms with Gasteiger partial charge in [0, 0.05) is 25.7 Å². The van der Waals surface area contributed by atoms with Crippen LogP contribution in [0.2, 0.25) is 0 Å². The summed E-state index contributed by atoms with van der Waals surface area (Å²) in [6.07, 6.45) is 42.4. The van der Waals surface area contributed by atoms with Crippen molar-refractivity contribution >= 4 is 23.8 Å². The van der Waals surface area contributed by atoms with Gasteiger partial charge >= 0.3 is 17.9 Å². The zero-order chi connectivity index (χ0) is 47.3. The van der Waals surface area contributed by atoms with Gasteiger partial charge in [-0.25, -0.2) is 0 Å². The molecule has 65 heavy (non-hydrogen) atoms. The van der Waals surface area contributed by atoms with Crippen LogP contribution in [0.4, 0.5) is 0 Å². The Balaban J connectivity index is 0. The van der Waals surface area contributed by atoms with Crippen molar-refractivity contribution in [1.29, 1.82) is 0 Å². The lowest BCUT2D eigenvalue weighted by Crippen LogP contribution is -3.00. The maximum Gasteiger partial charge on any atom is 0.305 e. The van der Waals surface area contributed by atoms with E-state index >= 15 is 0 Å². The molecule has 0 rings (SSSR count). The molecule has 1 N–H and O–H groups in total. The summed E-state index contributed by atoms with van der Waals surface area (Å²) in [6.45, 7) is 7.24. The third kappa shape index (κ3) is 47.2. The summed E-state index contributed by atoms with van der Waals surface area (Å²) in [5.74, 6) is -1.26. The van der Waals surface area contributed by atoms with Crippen molar-refractivity contribution in [2.24, 2.45) is 0 Å². The second kappa shape index (κ2) is 47.4. The van der Waals surface area contributed by atoms with Gasteiger partial charge < -0.3 is 41.0 Å². The normalized spacial score (nSPS) is 11.6. The van der Waals surface area contributed by atoms with Gasteiger partial charge in [-0.2, -0.15) is 0 Å². The molecule has 10 heteroatoms. The lowest BCUT2D eigenvalue weighted by Gasteiger charge is -2.33. The molecule has 1 amide bonds. The van der Waals surface area contributed by atoms with E-state index < -0.39 is 5.54 Å². The summed E-state index contributed by atoms with van der Waals surface area (Å²) >= 11 is 0. The minimum absolute atomic E-state index is 0. The smallest absolute Gasteiger partial charge is 0.305 e. The Morgan fingerprint density at radius 3 is 0.846 bits per heavy atom. The molecule has 0 aliphatic heterocycles. The summed E-state index contributed by atoms with van der Waals surface area (Å²) in [4.78, 5) is 53.0. The van der Waals surface area contributed by atoms with Crippen LogP contribution in [0.5, 0.6) is 0 Å². The third-order valence-electron chi connectivity index (χ3n) is 12.6. The quantitative estimate of drug-likeness (QED) is 0.0280. The summed E-state index contributed by atoms with van der Waals surface area (Å²) < 4.78 is 18.6. The molecule has 0 heterocycles. The number of hydrogen-bond acceptors (Lipinski definition) is 7. The number of unbranched alkanes of at least 4 members (excludes halogenated alkanes) is 32. The van der Waals surface area contributed by atoms with Crippen LogP contribution < -0.4 is 22.3 Å². The second-order valence-electron chi connectivity index (χ2n) is 20.5. The Morgan fingerprint density at radius 1 is 0.354 bits per heavy atom. The highest BCUT2D eigenvalue weighted by Crippen LogP contribution is 2.18. The highest BCUT2D eigenvalue weighted by molar-refractivity contribution is 5.77. The standard InChI is InChI=1S/C55H106N2O7.BrH/c1-7-10-13-16-19-23-29-34-39-44-52(59)62-48-55(49-63-53(60)45-40-35-30-24-20-17-14-11-8-2,50-64-54(61)46-41-36-31-25-21-18-15-12-9-3)56-51(58)43-38-33-28-26-22-27-32-37-42-47-57(4,5)6;/h7-50H2,1-6H3;1H. The van der Waals surface area contributed by atoms with Gasteiger partial charge in [0.25, 0.3) is 0 Å². The van der Waals surface area contributed by atoms with Crippen LogP contribution in [0, 0.1) is 0 Å². The molecular formula is C55H107BrN2O7. The minimum atomic E-state index is -1.36. The first-order valence-electron chi connectivity index (χ1n) is 27.5. The first-order valence-corrected chi connectivity index (χ1v) is 27.5. The molecule has 0 radical (unpaired) electrons. The zero-order valence-corrected chi connectivity index (χ0v) is 45.4. The van der Waals surface area contributed by atoms with Crippen LogP contribution in [-0.4, -0.2) is 81.3 Å². The molecule has 0 saturated heterocycles. The second-order valence-corrected chi connectivity index (χ2v) is 20.5. The monoisotopic (exact) mass is 987 g/mol. The Morgan fingerprint density at radius 2 is 0.585 bits per heavy atom. The molecule has 0 atom stereocenters. The van der Waals surface area contributed by atoms with Crippen LogP contribution in [-0.2, 0) is 33.4 Å². The number of carbonyl (C=O) groups excluding carboxylic acids is 4. The number of esters is 3. The van der Waals surface area contributed by atoms with Gasteiger partial charge in [0.05, 0.1) is 27.7 Å².